The number of hydrogen-bond donors (Lipinski definition) is 0. The number of aromatic nitrogens is 20. The van der Waals surface area contributed by atoms with Gasteiger partial charge in [0.05, 0.1) is 166 Å². The molecule has 748 valence electrons. The molecule has 0 radical (unpaired) electrons. The van der Waals surface area contributed by atoms with Gasteiger partial charge in [0.2, 0.25) is 0 Å². The van der Waals surface area contributed by atoms with E-state index in [9.17, 15) is 0 Å². The van der Waals surface area contributed by atoms with Crippen molar-refractivity contribution < 1.29 is 23.7 Å². The second kappa shape index (κ2) is 40.8. The van der Waals surface area contributed by atoms with E-state index < -0.39 is 0 Å². The number of hydrogen-bond acceptors (Lipinski definition) is 20. The zero-order chi connectivity index (χ0) is 96.7. The number of halogens is 5. The summed E-state index contributed by atoms with van der Waals surface area (Å²) < 4.78 is 47.5. The van der Waals surface area contributed by atoms with Crippen LogP contribution < -0.4 is 0 Å². The number of benzene rings is 5. The largest absolute Gasteiger partial charge is 0.380 e. The highest BCUT2D eigenvalue weighted by Gasteiger charge is 2.43. The van der Waals surface area contributed by atoms with E-state index in [0.29, 0.717) is 53.8 Å². The fourth-order valence-electron chi connectivity index (χ4n) is 24.1. The maximum atomic E-state index is 6.75. The van der Waals surface area contributed by atoms with E-state index in [-0.39, 0.29) is 16.6 Å². The van der Waals surface area contributed by atoms with Crippen LogP contribution in [0, 0.1) is 0 Å². The van der Waals surface area contributed by atoms with Crippen molar-refractivity contribution in [2.45, 2.75) is 213 Å². The molecule has 12 fully saturated rings. The van der Waals surface area contributed by atoms with Crippen molar-refractivity contribution in [3.05, 3.63) is 207 Å². The summed E-state index contributed by atoms with van der Waals surface area (Å²) in [5, 5.41) is 54.5. The molecule has 27 rings (SSSR count). The van der Waals surface area contributed by atoms with Gasteiger partial charge in [0.1, 0.15) is 28.4 Å². The highest BCUT2D eigenvalue weighted by atomic mass is 35.5. The number of aryl methyl sites for hydroxylation is 3. The first kappa shape index (κ1) is 96.0. The molecule has 20 heterocycles. The topological polar surface area (TPSA) is 241 Å². The quantitative estimate of drug-likeness (QED) is 0.0823. The van der Waals surface area contributed by atoms with Crippen molar-refractivity contribution in [3.8, 4) is 28.4 Å². The molecule has 2 aliphatic carbocycles. The summed E-state index contributed by atoms with van der Waals surface area (Å²) >= 11 is 33.5. The Morgan fingerprint density at radius 3 is 0.725 bits per heavy atom. The average molecular weight is 2020 g/mol. The van der Waals surface area contributed by atoms with Crippen LogP contribution in [0.5, 0.6) is 0 Å². The second-order valence-electron chi connectivity index (χ2n) is 42.7. The van der Waals surface area contributed by atoms with E-state index in [1.807, 2.05) is 125 Å². The summed E-state index contributed by atoms with van der Waals surface area (Å²) in [5.74, 6) is 2.45. The highest BCUT2D eigenvalue weighted by molar-refractivity contribution is 6.34. The third-order valence-corrected chi connectivity index (χ3v) is 34.9. The monoisotopic (exact) mass is 2020 g/mol. The van der Waals surface area contributed by atoms with Gasteiger partial charge in [-0.2, -0.15) is 51.0 Å². The first-order valence-electron chi connectivity index (χ1n) is 51.7. The van der Waals surface area contributed by atoms with Crippen LogP contribution in [-0.4, -0.2) is 283 Å². The Morgan fingerprint density at radius 1 is 0.261 bits per heavy atom. The fraction of sp³-hybridized carbons (Fsp3) is 0.533. The molecule has 142 heavy (non-hydrogen) atoms. The van der Waals surface area contributed by atoms with Crippen molar-refractivity contribution in [2.24, 2.45) is 21.1 Å². The van der Waals surface area contributed by atoms with Gasteiger partial charge in [-0.15, -0.1) is 0 Å². The Balaban J connectivity index is 0.0000000987. The smallest absolute Gasteiger partial charge is 0.103 e. The Kier molecular flexibility index (Phi) is 27.6. The van der Waals surface area contributed by atoms with E-state index in [2.05, 4.69) is 179 Å². The summed E-state index contributed by atoms with van der Waals surface area (Å²) in [4.78, 5) is 13.0. The van der Waals surface area contributed by atoms with Gasteiger partial charge < -0.3 is 23.7 Å². The SMILES string of the molecule is C[C@@]1(N2CCC(c3cc4c(cnn4-c4cnn(C5CC5)c4)cc3Cl)CC2)CCOC1.C[C@]1(N2CCC(c3cc4c(cnn4-c4cnn(C5CC5)c4)cc3Cl)CC2)CCOC1.Cn1cc(-n2ncc3cc(Cl)c(C4CCN([C@@H]5CCOC5)CC4)cc32)cn1.Cn1cc(-n2ncc3cc(Cl)c(C4CCN([C@H]5CCOC5)CC4)cc32)cn1.Cn1cc(-n2ncc3cc(Cl)c(C4CCN([C@]5(C)CCOC5)CC4)cc32)cn1. The van der Waals surface area contributed by atoms with Gasteiger partial charge in [-0.1, -0.05) is 58.0 Å². The van der Waals surface area contributed by atoms with Crippen LogP contribution in [0.4, 0.5) is 0 Å². The van der Waals surface area contributed by atoms with Crippen molar-refractivity contribution in [1.29, 1.82) is 0 Å². The molecule has 0 spiro atoms. The van der Waals surface area contributed by atoms with Gasteiger partial charge in [-0.05, 0) is 326 Å². The third kappa shape index (κ3) is 19.9. The minimum atomic E-state index is 0.206. The molecule has 0 N–H and O–H groups in total. The number of nitrogens with zero attached hydrogens (tertiary/aromatic N) is 25. The van der Waals surface area contributed by atoms with Crippen molar-refractivity contribution >= 4 is 113 Å². The third-order valence-electron chi connectivity index (χ3n) is 33.2. The molecule has 10 saturated heterocycles. The van der Waals surface area contributed by atoms with Crippen molar-refractivity contribution in [1.82, 2.24) is 122 Å². The standard InChI is InChI=1S/2C23H28ClN5O.C21H26ClN5O.2C20H24ClN5O/c2*1-23(6-9-30-15-23)27-7-4-16(5-8-27)20-11-22-17(10-21(20)24)12-26-29(22)19-13-25-28(14-19)18-2-3-18;1-21(5-8-28-14-21)26-6-3-15(4-7-26)18-10-20-16(9-19(18)22)11-24-27(20)17-12-23-25(2)13-17;2*1-24-12-17(11-22-24)26-20-9-18(19(21)8-15(20)10-23-26)14-2-5-25(6-3-14)16-4-7-27-13-16/h2*10-14,16,18H,2-9,15H2,1H3;9-13,15H,3-8,14H2,1-2H3;2*8-12,14,16H,2-7,13H2,1H3/t2*23-;21-;2*16-/m10110/s1. The van der Waals surface area contributed by atoms with Gasteiger partial charge in [0, 0.05) is 135 Å². The fourth-order valence-corrected chi connectivity index (χ4v) is 25.7. The maximum absolute atomic E-state index is 6.75. The van der Waals surface area contributed by atoms with Gasteiger partial charge >= 0.3 is 0 Å². The lowest BCUT2D eigenvalue weighted by atomic mass is 9.86. The molecule has 10 aliphatic heterocycles. The van der Waals surface area contributed by atoms with Crippen molar-refractivity contribution in [2.75, 3.05) is 132 Å². The molecule has 30 nitrogen and oxygen atoms in total. The summed E-state index contributed by atoms with van der Waals surface area (Å²) in [6, 6.07) is 23.9. The van der Waals surface area contributed by atoms with Gasteiger partial charge in [0.15, 0.2) is 0 Å². The van der Waals surface area contributed by atoms with Crippen LogP contribution in [-0.2, 0) is 44.8 Å². The van der Waals surface area contributed by atoms with Crippen molar-refractivity contribution in [3.63, 3.8) is 0 Å². The molecule has 5 aromatic carbocycles. The van der Waals surface area contributed by atoms with Gasteiger partial charge in [-0.25, -0.2) is 23.4 Å². The molecule has 12 aliphatic rings. The molecule has 5 atom stereocenters. The summed E-state index contributed by atoms with van der Waals surface area (Å²) in [6.07, 6.45) is 50.9. The average Bonchev–Trinajstić information content (AvgIpc) is 1.63. The van der Waals surface area contributed by atoms with Crippen LogP contribution in [0.15, 0.2) is 154 Å². The highest BCUT2D eigenvalue weighted by Crippen LogP contribution is 2.47. The van der Waals surface area contributed by atoms with Gasteiger partial charge in [0.25, 0.3) is 0 Å². The van der Waals surface area contributed by atoms with Crippen LogP contribution in [0.25, 0.3) is 83.0 Å². The van der Waals surface area contributed by atoms with Crippen LogP contribution in [0.3, 0.4) is 0 Å². The molecule has 0 bridgehead atoms. The zero-order valence-electron chi connectivity index (χ0n) is 82.3. The lowest BCUT2D eigenvalue weighted by Gasteiger charge is -2.42. The molecule has 0 amide bonds. The Labute approximate surface area is 853 Å². The number of ether oxygens (including phenoxy) is 5. The van der Waals surface area contributed by atoms with Crippen LogP contribution in [0.1, 0.15) is 212 Å². The Bertz CT molecular complexity index is 6610. The lowest BCUT2D eigenvalue weighted by molar-refractivity contribution is 0.0582. The van der Waals surface area contributed by atoms with Crippen LogP contribution >= 0.6 is 58.0 Å². The number of likely N-dealkylation sites (tertiary alicyclic amines) is 5. The van der Waals surface area contributed by atoms with E-state index in [1.54, 1.807) is 14.0 Å². The Morgan fingerprint density at radius 2 is 0.507 bits per heavy atom. The summed E-state index contributed by atoms with van der Waals surface area (Å²) in [5.41, 5.74) is 17.3. The first-order chi connectivity index (χ1) is 69.1. The van der Waals surface area contributed by atoms with E-state index in [1.165, 1.54) is 66.3 Å². The molecule has 2 saturated carbocycles. The van der Waals surface area contributed by atoms with Gasteiger partial charge in [-0.3, -0.25) is 47.9 Å². The molecular weight excluding hydrogens is 1890 g/mol. The summed E-state index contributed by atoms with van der Waals surface area (Å²) in [7, 11) is 5.75. The Hall–Kier alpha value is -9.45. The predicted molar refractivity (Wildman–Crippen MR) is 557 cm³/mol. The molecule has 0 unspecified atom stereocenters. The normalized spacial score (nSPS) is 24.2. The van der Waals surface area contributed by atoms with Crippen LogP contribution in [0.2, 0.25) is 25.1 Å². The minimum Gasteiger partial charge on any atom is -0.380 e. The minimum absolute atomic E-state index is 0.206. The molecule has 15 aromatic rings. The van der Waals surface area contributed by atoms with E-state index >= 15 is 0 Å². The molecule has 35 heteroatoms. The maximum Gasteiger partial charge on any atom is 0.103 e. The summed E-state index contributed by atoms with van der Waals surface area (Å²) in [6.45, 7) is 27.0. The lowest BCUT2D eigenvalue weighted by Crippen LogP contribution is -2.50. The zero-order valence-corrected chi connectivity index (χ0v) is 86.1. The van der Waals surface area contributed by atoms with E-state index in [0.717, 1.165) is 323 Å². The second-order valence-corrected chi connectivity index (χ2v) is 44.8. The first-order valence-corrected chi connectivity index (χ1v) is 53.6. The number of fused-ring (bicyclic) bond motifs is 5. The van der Waals surface area contributed by atoms with E-state index in [4.69, 9.17) is 81.7 Å². The molecular formula is C107H130Cl5N25O5. The predicted octanol–water partition coefficient (Wildman–Crippen LogP) is 19.7. The number of piperidine rings is 5. The molecule has 10 aromatic heterocycles. The number of rotatable bonds is 17.